The van der Waals surface area contributed by atoms with Gasteiger partial charge < -0.3 is 5.11 Å². The predicted octanol–water partition coefficient (Wildman–Crippen LogP) is 1.15. The van der Waals surface area contributed by atoms with Gasteiger partial charge in [-0.1, -0.05) is 18.6 Å². The molecule has 2 heteroatoms. The van der Waals surface area contributed by atoms with Crippen LogP contribution in [-0.2, 0) is 4.79 Å². The molecule has 1 saturated carbocycles. The SMILES string of the molecule is CC1=CCC2C(=O)C1C2(C)CO. The van der Waals surface area contributed by atoms with Gasteiger partial charge in [-0.05, 0) is 13.3 Å². The fourth-order valence-electron chi connectivity index (χ4n) is 2.71. The molecule has 0 aromatic rings. The highest BCUT2D eigenvalue weighted by Crippen LogP contribution is 2.56. The number of allylic oxidation sites excluding steroid dienone is 2. The van der Waals surface area contributed by atoms with E-state index in [0.717, 1.165) is 12.0 Å². The van der Waals surface area contributed by atoms with Crippen molar-refractivity contribution in [2.45, 2.75) is 20.3 Å². The average molecular weight is 166 g/mol. The Morgan fingerprint density at radius 3 is 2.75 bits per heavy atom. The van der Waals surface area contributed by atoms with Gasteiger partial charge in [0.15, 0.2) is 0 Å². The third-order valence-electron chi connectivity index (χ3n) is 3.56. The molecule has 2 bridgehead atoms. The van der Waals surface area contributed by atoms with Crippen molar-refractivity contribution in [3.8, 4) is 0 Å². The second kappa shape index (κ2) is 2.19. The first-order valence-electron chi connectivity index (χ1n) is 4.42. The summed E-state index contributed by atoms with van der Waals surface area (Å²) in [4.78, 5) is 11.5. The van der Waals surface area contributed by atoms with Crippen LogP contribution in [0.5, 0.6) is 0 Å². The predicted molar refractivity (Wildman–Crippen MR) is 45.6 cm³/mol. The van der Waals surface area contributed by atoms with Crippen LogP contribution in [0.3, 0.4) is 0 Å². The van der Waals surface area contributed by atoms with Gasteiger partial charge in [0.2, 0.25) is 0 Å². The van der Waals surface area contributed by atoms with Gasteiger partial charge in [0.1, 0.15) is 5.78 Å². The molecule has 0 amide bonds. The molecule has 3 rings (SSSR count). The minimum absolute atomic E-state index is 0.0150. The van der Waals surface area contributed by atoms with Gasteiger partial charge >= 0.3 is 0 Å². The van der Waals surface area contributed by atoms with E-state index in [1.54, 1.807) is 0 Å². The van der Waals surface area contributed by atoms with E-state index in [-0.39, 0.29) is 23.9 Å². The number of hydrogen-bond donors (Lipinski definition) is 1. The van der Waals surface area contributed by atoms with Crippen LogP contribution in [-0.4, -0.2) is 17.5 Å². The van der Waals surface area contributed by atoms with Crippen molar-refractivity contribution in [1.29, 1.82) is 0 Å². The Labute approximate surface area is 72.3 Å². The van der Waals surface area contributed by atoms with Crippen LogP contribution in [0.25, 0.3) is 0 Å². The largest absolute Gasteiger partial charge is 0.396 e. The summed E-state index contributed by atoms with van der Waals surface area (Å²) in [7, 11) is 0. The standard InChI is InChI=1S/C10H14O2/c1-6-3-4-7-9(12)8(6)10(7,2)5-11/h3,7-8,11H,4-5H2,1-2H3. The van der Waals surface area contributed by atoms with Crippen molar-refractivity contribution in [3.05, 3.63) is 11.6 Å². The Kier molecular flexibility index (Phi) is 1.46. The van der Waals surface area contributed by atoms with Crippen molar-refractivity contribution >= 4 is 5.78 Å². The zero-order valence-electron chi connectivity index (χ0n) is 7.50. The number of aliphatic hydroxyl groups is 1. The Balaban J connectivity index is 2.37. The summed E-state index contributed by atoms with van der Waals surface area (Å²) in [5.74, 6) is 0.448. The van der Waals surface area contributed by atoms with E-state index in [1.165, 1.54) is 0 Å². The summed E-state index contributed by atoms with van der Waals surface area (Å²) < 4.78 is 0. The van der Waals surface area contributed by atoms with E-state index in [9.17, 15) is 9.90 Å². The van der Waals surface area contributed by atoms with Crippen molar-refractivity contribution < 1.29 is 9.90 Å². The quantitative estimate of drug-likeness (QED) is 0.593. The smallest absolute Gasteiger partial charge is 0.144 e. The molecule has 2 nitrogen and oxygen atoms in total. The first kappa shape index (κ1) is 7.99. The lowest BCUT2D eigenvalue weighted by atomic mass is 9.47. The van der Waals surface area contributed by atoms with Gasteiger partial charge in [0, 0.05) is 17.3 Å². The molecular weight excluding hydrogens is 152 g/mol. The minimum atomic E-state index is -0.143. The van der Waals surface area contributed by atoms with E-state index in [2.05, 4.69) is 6.08 Å². The first-order valence-corrected chi connectivity index (χ1v) is 4.42. The lowest BCUT2D eigenvalue weighted by Gasteiger charge is -2.54. The Bertz CT molecular complexity index is 267. The maximum Gasteiger partial charge on any atom is 0.144 e. The summed E-state index contributed by atoms with van der Waals surface area (Å²) >= 11 is 0. The average Bonchev–Trinajstić information content (AvgIpc) is 2.04. The highest BCUT2D eigenvalue weighted by molar-refractivity contribution is 5.95. The third-order valence-corrected chi connectivity index (χ3v) is 3.56. The molecule has 66 valence electrons. The summed E-state index contributed by atoms with van der Waals surface area (Å²) in [6.07, 6.45) is 2.96. The molecule has 0 aliphatic heterocycles. The summed E-state index contributed by atoms with van der Waals surface area (Å²) in [5, 5.41) is 9.21. The summed E-state index contributed by atoms with van der Waals surface area (Å²) in [5.41, 5.74) is 1.01. The topological polar surface area (TPSA) is 37.3 Å². The van der Waals surface area contributed by atoms with Crippen LogP contribution in [0.4, 0.5) is 0 Å². The van der Waals surface area contributed by atoms with Gasteiger partial charge in [-0.15, -0.1) is 0 Å². The van der Waals surface area contributed by atoms with Gasteiger partial charge in [0.05, 0.1) is 6.61 Å². The second-order valence-corrected chi connectivity index (χ2v) is 4.24. The van der Waals surface area contributed by atoms with Crippen LogP contribution in [0, 0.1) is 17.3 Å². The number of carbonyl (C=O) groups excluding carboxylic acids is 1. The molecule has 0 spiro atoms. The zero-order valence-corrected chi connectivity index (χ0v) is 7.50. The number of fused-ring (bicyclic) bond motifs is 1. The summed E-state index contributed by atoms with van der Waals surface area (Å²) in [6.45, 7) is 4.14. The molecule has 3 aliphatic rings. The maximum absolute atomic E-state index is 11.5. The monoisotopic (exact) mass is 166 g/mol. The Morgan fingerprint density at radius 2 is 2.42 bits per heavy atom. The van der Waals surface area contributed by atoms with Crippen LogP contribution in [0.2, 0.25) is 0 Å². The van der Waals surface area contributed by atoms with E-state index in [4.69, 9.17) is 0 Å². The van der Waals surface area contributed by atoms with Crippen LogP contribution in [0.15, 0.2) is 11.6 Å². The van der Waals surface area contributed by atoms with Gasteiger partial charge in [0.25, 0.3) is 0 Å². The second-order valence-electron chi connectivity index (χ2n) is 4.24. The van der Waals surface area contributed by atoms with E-state index in [1.807, 2.05) is 13.8 Å². The lowest BCUT2D eigenvalue weighted by Crippen LogP contribution is -2.60. The van der Waals surface area contributed by atoms with Gasteiger partial charge in [-0.3, -0.25) is 4.79 Å². The molecule has 0 aromatic carbocycles. The number of ketones is 1. The molecule has 3 aliphatic carbocycles. The molecule has 0 radical (unpaired) electrons. The fourth-order valence-corrected chi connectivity index (χ4v) is 2.71. The maximum atomic E-state index is 11.5. The highest BCUT2D eigenvalue weighted by atomic mass is 16.3. The van der Waals surface area contributed by atoms with Crippen molar-refractivity contribution in [2.75, 3.05) is 6.61 Å². The van der Waals surface area contributed by atoms with Crippen molar-refractivity contribution in [3.63, 3.8) is 0 Å². The van der Waals surface area contributed by atoms with Crippen LogP contribution < -0.4 is 0 Å². The molecule has 1 N–H and O–H groups in total. The number of rotatable bonds is 1. The normalized spacial score (nSPS) is 45.2. The van der Waals surface area contributed by atoms with Crippen molar-refractivity contribution in [2.24, 2.45) is 17.3 Å². The molecular formula is C10H14O2. The van der Waals surface area contributed by atoms with E-state index in [0.29, 0.717) is 5.78 Å². The number of aliphatic hydroxyl groups excluding tert-OH is 1. The van der Waals surface area contributed by atoms with E-state index >= 15 is 0 Å². The third kappa shape index (κ3) is 0.667. The minimum Gasteiger partial charge on any atom is -0.396 e. The highest BCUT2D eigenvalue weighted by Gasteiger charge is 2.60. The molecule has 0 heterocycles. The van der Waals surface area contributed by atoms with Gasteiger partial charge in [-0.25, -0.2) is 0 Å². The molecule has 3 unspecified atom stereocenters. The van der Waals surface area contributed by atoms with Crippen LogP contribution in [0.1, 0.15) is 20.3 Å². The number of Topliss-reactive ketones (excluding diaryl/α,β-unsaturated/α-hetero) is 1. The number of carbonyl (C=O) groups is 1. The molecule has 12 heavy (non-hydrogen) atoms. The summed E-state index contributed by atoms with van der Waals surface area (Å²) in [6, 6.07) is 0. The van der Waals surface area contributed by atoms with Crippen molar-refractivity contribution in [1.82, 2.24) is 0 Å². The molecule has 1 fully saturated rings. The zero-order chi connectivity index (χ0) is 8.93. The van der Waals surface area contributed by atoms with Crippen LogP contribution >= 0.6 is 0 Å². The lowest BCUT2D eigenvalue weighted by molar-refractivity contribution is -0.157. The first-order chi connectivity index (χ1) is 5.61. The molecule has 0 aromatic heterocycles. The van der Waals surface area contributed by atoms with Gasteiger partial charge in [-0.2, -0.15) is 0 Å². The Hall–Kier alpha value is -0.630. The molecule has 0 saturated heterocycles. The molecule has 3 atom stereocenters. The fraction of sp³-hybridized carbons (Fsp3) is 0.700. The van der Waals surface area contributed by atoms with E-state index < -0.39 is 0 Å². The Morgan fingerprint density at radius 1 is 1.75 bits per heavy atom. The number of hydrogen-bond acceptors (Lipinski definition) is 2.